The maximum absolute atomic E-state index is 12.3. The van der Waals surface area contributed by atoms with Crippen molar-refractivity contribution in [1.82, 2.24) is 0 Å². The number of carbonyl (C=O) groups excluding carboxylic acids is 2. The summed E-state index contributed by atoms with van der Waals surface area (Å²) in [6.07, 6.45) is 3.28. The van der Waals surface area contributed by atoms with Crippen LogP contribution in [0.2, 0.25) is 0 Å². The number of carboxylic acid groups (broad SMARTS) is 2. The minimum atomic E-state index is -1.92. The minimum absolute atomic E-state index is 0.101. The van der Waals surface area contributed by atoms with Crippen molar-refractivity contribution >= 4 is 23.9 Å². The Hall–Kier alpha value is -2.90. The van der Waals surface area contributed by atoms with Crippen molar-refractivity contribution in [2.45, 2.75) is 27.2 Å². The molecule has 8 heteroatoms. The topological polar surface area (TPSA) is 127 Å². The molecule has 0 heterocycles. The Morgan fingerprint density at radius 1 is 1.07 bits per heavy atom. The van der Waals surface area contributed by atoms with Crippen molar-refractivity contribution in [1.29, 1.82) is 0 Å². The Morgan fingerprint density at radius 2 is 1.54 bits per heavy atom. The van der Waals surface area contributed by atoms with E-state index in [1.54, 1.807) is 13.0 Å². The molecular formula is C20H26O8. The molecule has 3 unspecified atom stereocenters. The lowest BCUT2D eigenvalue weighted by Gasteiger charge is -2.43. The monoisotopic (exact) mass is 394 g/mol. The molecule has 0 amide bonds. The van der Waals surface area contributed by atoms with E-state index in [2.05, 4.69) is 13.2 Å². The van der Waals surface area contributed by atoms with Crippen LogP contribution in [0, 0.1) is 23.2 Å². The molecule has 0 aromatic carbocycles. The molecule has 28 heavy (non-hydrogen) atoms. The molecule has 0 aromatic rings. The van der Waals surface area contributed by atoms with Gasteiger partial charge < -0.3 is 19.7 Å². The van der Waals surface area contributed by atoms with Crippen LogP contribution >= 0.6 is 0 Å². The zero-order valence-electron chi connectivity index (χ0n) is 16.3. The summed E-state index contributed by atoms with van der Waals surface area (Å²) in [6.45, 7) is 10.5. The van der Waals surface area contributed by atoms with Crippen molar-refractivity contribution in [3.8, 4) is 0 Å². The SMILES string of the molecule is C=C(C)C(=O)OCC(COC(=O)C(=C)C)C1(C(=O)O)C=CCC(C)C1C(=O)O. The molecule has 2 N–H and O–H groups in total. The van der Waals surface area contributed by atoms with Crippen LogP contribution in [0.15, 0.2) is 36.5 Å². The number of carboxylic acids is 2. The third-order valence-electron chi connectivity index (χ3n) is 4.83. The molecule has 0 aliphatic heterocycles. The highest BCUT2D eigenvalue weighted by Gasteiger charge is 2.57. The summed E-state index contributed by atoms with van der Waals surface area (Å²) in [4.78, 5) is 47.9. The number of carbonyl (C=O) groups is 4. The summed E-state index contributed by atoms with van der Waals surface area (Å²) in [5.41, 5.74) is -1.72. The standard InChI is InChI=1S/C20H26O8/c1-11(2)17(23)27-9-14(10-28-18(24)12(3)4)20(19(25)26)8-6-7-13(5)15(20)16(21)22/h6,8,13-15H,1,3,7,9-10H2,2,4-5H3,(H,21,22)(H,25,26). The Balaban J connectivity index is 3.37. The van der Waals surface area contributed by atoms with E-state index in [0.29, 0.717) is 6.42 Å². The molecule has 0 radical (unpaired) electrons. The highest BCUT2D eigenvalue weighted by Crippen LogP contribution is 2.47. The van der Waals surface area contributed by atoms with Gasteiger partial charge in [-0.15, -0.1) is 0 Å². The van der Waals surface area contributed by atoms with Gasteiger partial charge in [0, 0.05) is 17.1 Å². The highest BCUT2D eigenvalue weighted by molar-refractivity contribution is 5.88. The number of aliphatic carboxylic acids is 2. The van der Waals surface area contributed by atoms with Crippen molar-refractivity contribution in [3.63, 3.8) is 0 Å². The zero-order valence-corrected chi connectivity index (χ0v) is 16.3. The molecular weight excluding hydrogens is 368 g/mol. The van der Waals surface area contributed by atoms with E-state index in [1.165, 1.54) is 19.9 Å². The maximum Gasteiger partial charge on any atom is 0.333 e. The average Bonchev–Trinajstić information content (AvgIpc) is 2.59. The molecule has 8 nitrogen and oxygen atoms in total. The second-order valence-corrected chi connectivity index (χ2v) is 7.12. The molecule has 0 bridgehead atoms. The van der Waals surface area contributed by atoms with Gasteiger partial charge in [-0.3, -0.25) is 9.59 Å². The lowest BCUT2D eigenvalue weighted by atomic mass is 9.59. The predicted molar refractivity (Wildman–Crippen MR) is 99.2 cm³/mol. The third-order valence-corrected chi connectivity index (χ3v) is 4.83. The molecule has 0 saturated carbocycles. The summed E-state index contributed by atoms with van der Waals surface area (Å²) in [7, 11) is 0. The molecule has 0 aromatic heterocycles. The Labute approximate surface area is 163 Å². The van der Waals surface area contributed by atoms with Crippen LogP contribution in [-0.4, -0.2) is 47.3 Å². The second-order valence-electron chi connectivity index (χ2n) is 7.12. The molecule has 1 aliphatic carbocycles. The summed E-state index contributed by atoms with van der Waals surface area (Å²) in [5, 5.41) is 19.7. The molecule has 1 aliphatic rings. The molecule has 154 valence electrons. The first-order valence-corrected chi connectivity index (χ1v) is 8.74. The van der Waals surface area contributed by atoms with Crippen LogP contribution in [-0.2, 0) is 28.7 Å². The Kier molecular flexibility index (Phi) is 7.72. The fraction of sp³-hybridized carbons (Fsp3) is 0.500. The zero-order chi connectivity index (χ0) is 21.6. The number of hydrogen-bond acceptors (Lipinski definition) is 6. The van der Waals surface area contributed by atoms with Crippen LogP contribution in [0.3, 0.4) is 0 Å². The summed E-state index contributed by atoms with van der Waals surface area (Å²) in [6, 6.07) is 0. The normalized spacial score (nSPS) is 23.7. The van der Waals surface area contributed by atoms with Gasteiger partial charge in [-0.25, -0.2) is 9.59 Å². The smallest absolute Gasteiger partial charge is 0.333 e. The largest absolute Gasteiger partial charge is 0.481 e. The fourth-order valence-electron chi connectivity index (χ4n) is 3.33. The van der Waals surface area contributed by atoms with E-state index in [0.717, 1.165) is 0 Å². The van der Waals surface area contributed by atoms with Crippen LogP contribution in [0.5, 0.6) is 0 Å². The van der Waals surface area contributed by atoms with E-state index in [1.807, 2.05) is 0 Å². The number of rotatable bonds is 9. The first-order chi connectivity index (χ1) is 12.9. The van der Waals surface area contributed by atoms with E-state index in [-0.39, 0.29) is 11.1 Å². The van der Waals surface area contributed by atoms with Crippen molar-refractivity contribution in [2.75, 3.05) is 13.2 Å². The van der Waals surface area contributed by atoms with Gasteiger partial charge in [0.1, 0.15) is 5.41 Å². The number of hydrogen-bond donors (Lipinski definition) is 2. The van der Waals surface area contributed by atoms with Crippen molar-refractivity contribution < 1.29 is 38.9 Å². The Morgan fingerprint density at radius 3 is 1.89 bits per heavy atom. The van der Waals surface area contributed by atoms with E-state index in [4.69, 9.17) is 9.47 Å². The van der Waals surface area contributed by atoms with Crippen molar-refractivity contribution in [2.24, 2.45) is 23.2 Å². The van der Waals surface area contributed by atoms with Gasteiger partial charge in [-0.2, -0.15) is 0 Å². The summed E-state index contributed by atoms with van der Waals surface area (Å²) >= 11 is 0. The van der Waals surface area contributed by atoms with E-state index in [9.17, 15) is 29.4 Å². The first kappa shape index (κ1) is 23.1. The summed E-state index contributed by atoms with van der Waals surface area (Å²) < 4.78 is 10.2. The third kappa shape index (κ3) is 4.88. The van der Waals surface area contributed by atoms with Crippen LogP contribution in [0.4, 0.5) is 0 Å². The van der Waals surface area contributed by atoms with E-state index >= 15 is 0 Å². The lowest BCUT2D eigenvalue weighted by Crippen LogP contribution is -2.53. The van der Waals surface area contributed by atoms with Gasteiger partial charge in [0.2, 0.25) is 0 Å². The maximum atomic E-state index is 12.3. The number of esters is 2. The highest BCUT2D eigenvalue weighted by atomic mass is 16.5. The number of ether oxygens (including phenoxy) is 2. The average molecular weight is 394 g/mol. The van der Waals surface area contributed by atoms with Gasteiger partial charge >= 0.3 is 23.9 Å². The van der Waals surface area contributed by atoms with Gasteiger partial charge in [0.25, 0.3) is 0 Å². The van der Waals surface area contributed by atoms with Crippen molar-refractivity contribution in [3.05, 3.63) is 36.5 Å². The van der Waals surface area contributed by atoms with Crippen LogP contribution < -0.4 is 0 Å². The minimum Gasteiger partial charge on any atom is -0.481 e. The Bertz CT molecular complexity index is 690. The number of allylic oxidation sites excluding steroid dienone is 1. The predicted octanol–water partition coefficient (Wildman–Crippen LogP) is 2.21. The summed E-state index contributed by atoms with van der Waals surface area (Å²) in [5.74, 6) is -7.11. The van der Waals surface area contributed by atoms with E-state index < -0.39 is 60.3 Å². The molecule has 3 atom stereocenters. The molecule has 0 fully saturated rings. The quantitative estimate of drug-likeness (QED) is 0.346. The molecule has 0 saturated heterocycles. The van der Waals surface area contributed by atoms with Gasteiger partial charge in [0.05, 0.1) is 19.1 Å². The van der Waals surface area contributed by atoms with Gasteiger partial charge in [0.15, 0.2) is 0 Å². The molecule has 1 rings (SSSR count). The first-order valence-electron chi connectivity index (χ1n) is 8.74. The second kappa shape index (κ2) is 9.34. The fourth-order valence-corrected chi connectivity index (χ4v) is 3.33. The van der Waals surface area contributed by atoms with Crippen LogP contribution in [0.1, 0.15) is 27.2 Å². The lowest BCUT2D eigenvalue weighted by molar-refractivity contribution is -0.173. The van der Waals surface area contributed by atoms with Gasteiger partial charge in [-0.1, -0.05) is 32.2 Å². The molecule has 0 spiro atoms. The van der Waals surface area contributed by atoms with Gasteiger partial charge in [-0.05, 0) is 26.2 Å². The van der Waals surface area contributed by atoms with Crippen LogP contribution in [0.25, 0.3) is 0 Å².